The van der Waals surface area contributed by atoms with E-state index in [4.69, 9.17) is 4.42 Å². The van der Waals surface area contributed by atoms with Crippen LogP contribution in [-0.2, 0) is 21.1 Å². The summed E-state index contributed by atoms with van der Waals surface area (Å²) < 4.78 is 5.26. The molecule has 0 saturated carbocycles. The quantitative estimate of drug-likeness (QED) is 0.741. The van der Waals surface area contributed by atoms with E-state index in [1.165, 1.54) is 0 Å². The zero-order chi connectivity index (χ0) is 6.97. The van der Waals surface area contributed by atoms with E-state index < -0.39 is 0 Å². The molecule has 0 spiro atoms. The number of hydrogen-bond acceptors (Lipinski definition) is 2. The van der Waals surface area contributed by atoms with E-state index in [2.05, 4.69) is 4.98 Å². The summed E-state index contributed by atoms with van der Waals surface area (Å²) in [6.45, 7) is 1.85. The SMILES string of the molecule is Cc1nc2ccccc2o1.[Pt]. The van der Waals surface area contributed by atoms with Gasteiger partial charge in [-0.3, -0.25) is 0 Å². The molecule has 0 N–H and O–H groups in total. The molecule has 2 nitrogen and oxygen atoms in total. The average molecular weight is 328 g/mol. The summed E-state index contributed by atoms with van der Waals surface area (Å²) in [7, 11) is 0. The summed E-state index contributed by atoms with van der Waals surface area (Å²) >= 11 is 0. The van der Waals surface area contributed by atoms with Crippen molar-refractivity contribution in [2.45, 2.75) is 6.92 Å². The molecule has 1 aromatic heterocycles. The number of rotatable bonds is 0. The molecule has 0 aliphatic carbocycles. The van der Waals surface area contributed by atoms with Gasteiger partial charge in [0.2, 0.25) is 0 Å². The molecular weight excluding hydrogens is 321 g/mol. The molecule has 11 heavy (non-hydrogen) atoms. The van der Waals surface area contributed by atoms with Crippen LogP contribution in [0.3, 0.4) is 0 Å². The van der Waals surface area contributed by atoms with E-state index in [1.54, 1.807) is 0 Å². The fraction of sp³-hybridized carbons (Fsp3) is 0.125. The van der Waals surface area contributed by atoms with Crippen molar-refractivity contribution in [2.75, 3.05) is 0 Å². The van der Waals surface area contributed by atoms with E-state index in [0.29, 0.717) is 0 Å². The molecule has 0 radical (unpaired) electrons. The van der Waals surface area contributed by atoms with Crippen LogP contribution in [0.1, 0.15) is 5.89 Å². The smallest absolute Gasteiger partial charge is 0.192 e. The number of hydrogen-bond donors (Lipinski definition) is 0. The first-order valence-electron chi connectivity index (χ1n) is 3.18. The molecule has 2 rings (SSSR count). The first kappa shape index (κ1) is 8.47. The number of benzene rings is 1. The number of fused-ring (bicyclic) bond motifs is 1. The van der Waals surface area contributed by atoms with Crippen molar-refractivity contribution in [1.82, 2.24) is 4.98 Å². The van der Waals surface area contributed by atoms with Crippen LogP contribution >= 0.6 is 0 Å². The maximum Gasteiger partial charge on any atom is 0.192 e. The zero-order valence-corrected chi connectivity index (χ0v) is 8.25. The molecule has 1 heterocycles. The predicted molar refractivity (Wildman–Crippen MR) is 38.7 cm³/mol. The van der Waals surface area contributed by atoms with Crippen LogP contribution in [-0.4, -0.2) is 4.98 Å². The molecule has 2 aromatic rings. The van der Waals surface area contributed by atoms with Crippen LogP contribution in [0.25, 0.3) is 11.1 Å². The number of aromatic nitrogens is 1. The molecule has 60 valence electrons. The van der Waals surface area contributed by atoms with Crippen LogP contribution < -0.4 is 0 Å². The Morgan fingerprint density at radius 2 is 2.00 bits per heavy atom. The third kappa shape index (κ3) is 1.51. The molecule has 0 unspecified atom stereocenters. The maximum absolute atomic E-state index is 5.26. The Morgan fingerprint density at radius 3 is 2.73 bits per heavy atom. The first-order valence-corrected chi connectivity index (χ1v) is 3.18. The molecule has 0 atom stereocenters. The summed E-state index contributed by atoms with van der Waals surface area (Å²) in [5.41, 5.74) is 1.79. The summed E-state index contributed by atoms with van der Waals surface area (Å²) in [4.78, 5) is 4.15. The summed E-state index contributed by atoms with van der Waals surface area (Å²) in [5.74, 6) is 0.723. The molecule has 0 fully saturated rings. The number of oxazole rings is 1. The number of nitrogens with zero attached hydrogens (tertiary/aromatic N) is 1. The van der Waals surface area contributed by atoms with Crippen LogP contribution in [0.5, 0.6) is 0 Å². The topological polar surface area (TPSA) is 26.0 Å². The summed E-state index contributed by atoms with van der Waals surface area (Å²) in [6.07, 6.45) is 0. The van der Waals surface area contributed by atoms with E-state index in [9.17, 15) is 0 Å². The summed E-state index contributed by atoms with van der Waals surface area (Å²) in [6, 6.07) is 7.73. The monoisotopic (exact) mass is 328 g/mol. The van der Waals surface area contributed by atoms with Crippen molar-refractivity contribution in [1.29, 1.82) is 0 Å². The van der Waals surface area contributed by atoms with E-state index >= 15 is 0 Å². The number of para-hydroxylation sites is 2. The molecular formula is C8H7NOPt. The second kappa shape index (κ2) is 3.18. The van der Waals surface area contributed by atoms with Crippen LogP contribution in [0.2, 0.25) is 0 Å². The third-order valence-electron chi connectivity index (χ3n) is 1.40. The average Bonchev–Trinajstić information content (AvgIpc) is 2.27. The third-order valence-corrected chi connectivity index (χ3v) is 1.40. The van der Waals surface area contributed by atoms with E-state index in [-0.39, 0.29) is 21.1 Å². The van der Waals surface area contributed by atoms with Crippen molar-refractivity contribution in [3.8, 4) is 0 Å². The van der Waals surface area contributed by atoms with Gasteiger partial charge in [0.05, 0.1) is 0 Å². The van der Waals surface area contributed by atoms with Gasteiger partial charge in [0.25, 0.3) is 0 Å². The van der Waals surface area contributed by atoms with Crippen molar-refractivity contribution in [3.63, 3.8) is 0 Å². The summed E-state index contributed by atoms with van der Waals surface area (Å²) in [5, 5.41) is 0. The Hall–Kier alpha value is -0.622. The van der Waals surface area contributed by atoms with Crippen molar-refractivity contribution >= 4 is 11.1 Å². The van der Waals surface area contributed by atoms with Gasteiger partial charge in [-0.1, -0.05) is 12.1 Å². The van der Waals surface area contributed by atoms with Crippen LogP contribution in [0.15, 0.2) is 28.7 Å². The van der Waals surface area contributed by atoms with E-state index in [1.807, 2.05) is 31.2 Å². The van der Waals surface area contributed by atoms with Crippen molar-refractivity contribution in [2.24, 2.45) is 0 Å². The normalized spacial score (nSPS) is 9.55. The molecule has 0 saturated heterocycles. The Kier molecular flexibility index (Phi) is 2.45. The minimum Gasteiger partial charge on any atom is -0.441 e. The van der Waals surface area contributed by atoms with Crippen molar-refractivity contribution < 1.29 is 25.5 Å². The van der Waals surface area contributed by atoms with Crippen molar-refractivity contribution in [3.05, 3.63) is 30.2 Å². The fourth-order valence-electron chi connectivity index (χ4n) is 0.987. The second-order valence-electron chi connectivity index (χ2n) is 2.20. The van der Waals surface area contributed by atoms with Gasteiger partial charge in [0.1, 0.15) is 5.52 Å². The molecule has 0 aliphatic rings. The Balaban J connectivity index is 0.000000605. The molecule has 0 amide bonds. The first-order chi connectivity index (χ1) is 4.86. The van der Waals surface area contributed by atoms with Gasteiger partial charge in [-0.05, 0) is 12.1 Å². The fourth-order valence-corrected chi connectivity index (χ4v) is 0.987. The van der Waals surface area contributed by atoms with Gasteiger partial charge in [0, 0.05) is 28.0 Å². The molecule has 0 bridgehead atoms. The molecule has 1 aromatic carbocycles. The van der Waals surface area contributed by atoms with Gasteiger partial charge >= 0.3 is 0 Å². The molecule has 0 aliphatic heterocycles. The van der Waals surface area contributed by atoms with Gasteiger partial charge < -0.3 is 4.42 Å². The van der Waals surface area contributed by atoms with E-state index in [0.717, 1.165) is 17.0 Å². The maximum atomic E-state index is 5.26. The van der Waals surface area contributed by atoms with Crippen LogP contribution in [0.4, 0.5) is 0 Å². The minimum atomic E-state index is 0. The molecule has 3 heteroatoms. The number of aryl methyl sites for hydroxylation is 1. The Bertz CT molecular complexity index is 323. The predicted octanol–water partition coefficient (Wildman–Crippen LogP) is 2.13. The largest absolute Gasteiger partial charge is 0.441 e. The zero-order valence-electron chi connectivity index (χ0n) is 5.98. The van der Waals surface area contributed by atoms with Gasteiger partial charge in [0.15, 0.2) is 11.5 Å². The van der Waals surface area contributed by atoms with Gasteiger partial charge in [-0.25, -0.2) is 4.98 Å². The Labute approximate surface area is 78.9 Å². The van der Waals surface area contributed by atoms with Gasteiger partial charge in [-0.2, -0.15) is 0 Å². The second-order valence-corrected chi connectivity index (χ2v) is 2.20. The standard InChI is InChI=1S/C8H7NO.Pt/c1-6-9-7-4-2-3-5-8(7)10-6;/h2-5H,1H3;. The Morgan fingerprint density at radius 1 is 1.27 bits per heavy atom. The van der Waals surface area contributed by atoms with Gasteiger partial charge in [-0.15, -0.1) is 0 Å². The van der Waals surface area contributed by atoms with Crippen LogP contribution in [0, 0.1) is 6.92 Å². The minimum absolute atomic E-state index is 0.